The number of aryl methyl sites for hydroxylation is 1. The van der Waals surface area contributed by atoms with Gasteiger partial charge in [0, 0.05) is 21.3 Å². The van der Waals surface area contributed by atoms with Crippen LogP contribution in [0.5, 0.6) is 0 Å². The number of nitrogens with zero attached hydrogens (tertiary/aromatic N) is 2. The standard InChI is InChI=1S/C15H14Cl3N3/c1-8(12-7-10(16)4-6-13(12)17)3-5-11-9(2)20-15(19)21-14(11)18/h3-4,6-7H,5H2,1-2H3,(H2,19,20,21). The van der Waals surface area contributed by atoms with Crippen LogP contribution >= 0.6 is 34.8 Å². The smallest absolute Gasteiger partial charge is 0.221 e. The van der Waals surface area contributed by atoms with E-state index < -0.39 is 0 Å². The molecule has 2 N–H and O–H groups in total. The van der Waals surface area contributed by atoms with Crippen molar-refractivity contribution < 1.29 is 0 Å². The maximum atomic E-state index is 6.19. The first-order chi connectivity index (χ1) is 9.88. The van der Waals surface area contributed by atoms with E-state index in [-0.39, 0.29) is 5.95 Å². The van der Waals surface area contributed by atoms with Gasteiger partial charge in [-0.3, -0.25) is 0 Å². The molecule has 0 aliphatic rings. The Bertz CT molecular complexity index is 688. The van der Waals surface area contributed by atoms with Crippen molar-refractivity contribution in [1.82, 2.24) is 9.97 Å². The van der Waals surface area contributed by atoms with Crippen LogP contribution in [0.3, 0.4) is 0 Å². The fraction of sp³-hybridized carbons (Fsp3) is 0.200. The highest BCUT2D eigenvalue weighted by Crippen LogP contribution is 2.28. The number of hydrogen-bond acceptors (Lipinski definition) is 3. The normalized spacial score (nSPS) is 11.8. The molecule has 3 nitrogen and oxygen atoms in total. The minimum absolute atomic E-state index is 0.180. The van der Waals surface area contributed by atoms with Crippen LogP contribution in [0.25, 0.3) is 5.57 Å². The van der Waals surface area contributed by atoms with Crippen molar-refractivity contribution in [2.45, 2.75) is 20.3 Å². The number of allylic oxidation sites excluding steroid dienone is 2. The van der Waals surface area contributed by atoms with E-state index in [1.54, 1.807) is 12.1 Å². The van der Waals surface area contributed by atoms with E-state index in [9.17, 15) is 0 Å². The molecule has 0 unspecified atom stereocenters. The van der Waals surface area contributed by atoms with Crippen LogP contribution in [0.2, 0.25) is 15.2 Å². The molecule has 0 saturated carbocycles. The molecule has 6 heteroatoms. The van der Waals surface area contributed by atoms with Crippen LogP contribution < -0.4 is 5.73 Å². The minimum atomic E-state index is 0.180. The Morgan fingerprint density at radius 1 is 1.24 bits per heavy atom. The molecular formula is C15H14Cl3N3. The van der Waals surface area contributed by atoms with Gasteiger partial charge in [-0.2, -0.15) is 0 Å². The lowest BCUT2D eigenvalue weighted by atomic mass is 10.0. The van der Waals surface area contributed by atoms with E-state index in [2.05, 4.69) is 9.97 Å². The van der Waals surface area contributed by atoms with E-state index in [1.165, 1.54) is 0 Å². The van der Waals surface area contributed by atoms with Crippen molar-refractivity contribution in [3.63, 3.8) is 0 Å². The molecule has 110 valence electrons. The minimum Gasteiger partial charge on any atom is -0.368 e. The SMILES string of the molecule is CC(=CCc1c(C)nc(N)nc1Cl)c1cc(Cl)ccc1Cl. The molecule has 21 heavy (non-hydrogen) atoms. The van der Waals surface area contributed by atoms with Crippen molar-refractivity contribution in [3.05, 3.63) is 56.3 Å². The molecule has 2 rings (SSSR count). The number of hydrogen-bond donors (Lipinski definition) is 1. The number of halogens is 3. The Morgan fingerprint density at radius 2 is 1.95 bits per heavy atom. The summed E-state index contributed by atoms with van der Waals surface area (Å²) in [4.78, 5) is 8.09. The van der Waals surface area contributed by atoms with Gasteiger partial charge in [-0.25, -0.2) is 9.97 Å². The zero-order chi connectivity index (χ0) is 15.6. The summed E-state index contributed by atoms with van der Waals surface area (Å²) in [5.74, 6) is 0.180. The summed E-state index contributed by atoms with van der Waals surface area (Å²) < 4.78 is 0. The monoisotopic (exact) mass is 341 g/mol. The average Bonchev–Trinajstić information content (AvgIpc) is 2.40. The third kappa shape index (κ3) is 3.88. The summed E-state index contributed by atoms with van der Waals surface area (Å²) in [5, 5.41) is 1.68. The van der Waals surface area contributed by atoms with Crippen LogP contribution in [-0.2, 0) is 6.42 Å². The van der Waals surface area contributed by atoms with Gasteiger partial charge in [0.05, 0.1) is 0 Å². The molecule has 0 spiro atoms. The molecule has 0 aliphatic carbocycles. The second kappa shape index (κ2) is 6.65. The van der Waals surface area contributed by atoms with Gasteiger partial charge in [0.2, 0.25) is 5.95 Å². The predicted molar refractivity (Wildman–Crippen MR) is 90.0 cm³/mol. The third-order valence-electron chi connectivity index (χ3n) is 3.15. The van der Waals surface area contributed by atoms with Crippen LogP contribution in [0.15, 0.2) is 24.3 Å². The highest BCUT2D eigenvalue weighted by molar-refractivity contribution is 6.34. The molecular weight excluding hydrogens is 329 g/mol. The molecule has 0 aliphatic heterocycles. The summed E-state index contributed by atoms with van der Waals surface area (Å²) in [7, 11) is 0. The Hall–Kier alpha value is -1.29. The van der Waals surface area contributed by atoms with Crippen molar-refractivity contribution >= 4 is 46.3 Å². The molecule has 1 heterocycles. The lowest BCUT2D eigenvalue weighted by Crippen LogP contribution is -2.02. The maximum absolute atomic E-state index is 6.19. The Kier molecular flexibility index (Phi) is 5.09. The molecule has 1 aromatic carbocycles. The lowest BCUT2D eigenvalue weighted by molar-refractivity contribution is 1.04. The summed E-state index contributed by atoms with van der Waals surface area (Å²) in [6, 6.07) is 5.38. The molecule has 2 aromatic rings. The van der Waals surface area contributed by atoms with E-state index in [0.717, 1.165) is 22.4 Å². The molecule has 0 amide bonds. The molecule has 0 atom stereocenters. The van der Waals surface area contributed by atoms with Crippen molar-refractivity contribution in [2.75, 3.05) is 5.73 Å². The molecule has 0 saturated heterocycles. The number of aromatic nitrogens is 2. The van der Waals surface area contributed by atoms with Crippen LogP contribution in [0, 0.1) is 6.92 Å². The van der Waals surface area contributed by atoms with Crippen molar-refractivity contribution in [2.24, 2.45) is 0 Å². The fourth-order valence-corrected chi connectivity index (χ4v) is 2.72. The number of nitrogen functional groups attached to an aromatic ring is 1. The second-order valence-electron chi connectivity index (χ2n) is 4.65. The van der Waals surface area contributed by atoms with Gasteiger partial charge in [-0.05, 0) is 49.6 Å². The third-order valence-corrected chi connectivity index (χ3v) is 4.02. The average molecular weight is 343 g/mol. The Balaban J connectivity index is 2.31. The maximum Gasteiger partial charge on any atom is 0.221 e. The van der Waals surface area contributed by atoms with Gasteiger partial charge in [0.15, 0.2) is 0 Å². The van der Waals surface area contributed by atoms with Gasteiger partial charge in [0.1, 0.15) is 5.15 Å². The molecule has 1 aromatic heterocycles. The predicted octanol–water partition coefficient (Wildman–Crippen LogP) is 4.97. The fourth-order valence-electron chi connectivity index (χ4n) is 1.98. The molecule has 0 bridgehead atoms. The van der Waals surface area contributed by atoms with E-state index >= 15 is 0 Å². The highest BCUT2D eigenvalue weighted by atomic mass is 35.5. The first kappa shape index (κ1) is 16.1. The quantitative estimate of drug-likeness (QED) is 0.801. The van der Waals surface area contributed by atoms with Crippen LogP contribution in [-0.4, -0.2) is 9.97 Å². The number of anilines is 1. The topological polar surface area (TPSA) is 51.8 Å². The summed E-state index contributed by atoms with van der Waals surface area (Å²) in [5.41, 5.74) is 9.09. The summed E-state index contributed by atoms with van der Waals surface area (Å²) in [6.07, 6.45) is 2.62. The number of nitrogens with two attached hydrogens (primary N) is 1. The first-order valence-corrected chi connectivity index (χ1v) is 7.42. The number of rotatable bonds is 3. The van der Waals surface area contributed by atoms with Gasteiger partial charge in [0.25, 0.3) is 0 Å². The van der Waals surface area contributed by atoms with Crippen LogP contribution in [0.4, 0.5) is 5.95 Å². The first-order valence-electron chi connectivity index (χ1n) is 6.29. The molecule has 0 fully saturated rings. The highest BCUT2D eigenvalue weighted by Gasteiger charge is 2.09. The van der Waals surface area contributed by atoms with E-state index in [4.69, 9.17) is 40.5 Å². The van der Waals surface area contributed by atoms with Crippen LogP contribution in [0.1, 0.15) is 23.7 Å². The zero-order valence-electron chi connectivity index (χ0n) is 11.6. The largest absolute Gasteiger partial charge is 0.368 e. The van der Waals surface area contributed by atoms with Crippen molar-refractivity contribution in [3.8, 4) is 0 Å². The van der Waals surface area contributed by atoms with E-state index in [1.807, 2.05) is 26.0 Å². The van der Waals surface area contributed by atoms with Crippen molar-refractivity contribution in [1.29, 1.82) is 0 Å². The zero-order valence-corrected chi connectivity index (χ0v) is 13.9. The van der Waals surface area contributed by atoms with Gasteiger partial charge >= 0.3 is 0 Å². The summed E-state index contributed by atoms with van der Waals surface area (Å²) >= 11 is 18.3. The van der Waals surface area contributed by atoms with Gasteiger partial charge in [-0.1, -0.05) is 40.9 Å². The summed E-state index contributed by atoms with van der Waals surface area (Å²) in [6.45, 7) is 3.83. The number of benzene rings is 1. The second-order valence-corrected chi connectivity index (χ2v) is 5.85. The Morgan fingerprint density at radius 3 is 2.62 bits per heavy atom. The molecule has 0 radical (unpaired) electrons. The lowest BCUT2D eigenvalue weighted by Gasteiger charge is -2.08. The van der Waals surface area contributed by atoms with Gasteiger partial charge in [-0.15, -0.1) is 0 Å². The Labute approximate surface area is 138 Å². The van der Waals surface area contributed by atoms with E-state index in [0.29, 0.717) is 21.6 Å². The van der Waals surface area contributed by atoms with Gasteiger partial charge < -0.3 is 5.73 Å².